The van der Waals surface area contributed by atoms with Crippen LogP contribution in [-0.4, -0.2) is 60.8 Å². The molecule has 1 heterocycles. The maximum atomic E-state index is 12.4. The smallest absolute Gasteiger partial charge is 0.259 e. The predicted octanol–water partition coefficient (Wildman–Crippen LogP) is 0.823. The van der Waals surface area contributed by atoms with E-state index in [4.69, 9.17) is 0 Å². The highest BCUT2D eigenvalue weighted by molar-refractivity contribution is 7.89. The van der Waals surface area contributed by atoms with Crippen LogP contribution in [0.3, 0.4) is 0 Å². The van der Waals surface area contributed by atoms with Gasteiger partial charge >= 0.3 is 0 Å². The number of hydrogen-bond acceptors (Lipinski definition) is 4. The van der Waals surface area contributed by atoms with Crippen molar-refractivity contribution in [3.8, 4) is 0 Å². The molecule has 0 aromatic carbocycles. The second-order valence-electron chi connectivity index (χ2n) is 5.57. The Balaban J connectivity index is 2.17. The van der Waals surface area contributed by atoms with Gasteiger partial charge in [0.25, 0.3) is 10.0 Å². The van der Waals surface area contributed by atoms with E-state index < -0.39 is 10.0 Å². The molecule has 1 aromatic heterocycles. The van der Waals surface area contributed by atoms with E-state index in [-0.39, 0.29) is 10.6 Å². The number of H-pyrrole nitrogens is 1. The van der Waals surface area contributed by atoms with E-state index in [1.54, 1.807) is 14.0 Å². The van der Waals surface area contributed by atoms with Gasteiger partial charge in [0.05, 0.1) is 6.20 Å². The van der Waals surface area contributed by atoms with E-state index in [0.717, 1.165) is 19.3 Å². The Morgan fingerprint density at radius 3 is 2.37 bits per heavy atom. The molecule has 1 aromatic rings. The molecular formula is C12H22N4O2S. The predicted molar refractivity (Wildman–Crippen MR) is 73.4 cm³/mol. The first-order valence-electron chi connectivity index (χ1n) is 6.43. The zero-order valence-electron chi connectivity index (χ0n) is 12.0. The first-order valence-corrected chi connectivity index (χ1v) is 7.87. The van der Waals surface area contributed by atoms with Gasteiger partial charge in [0.15, 0.2) is 5.03 Å². The molecule has 7 heteroatoms. The third kappa shape index (κ3) is 2.54. The highest BCUT2D eigenvalue weighted by atomic mass is 32.2. The lowest BCUT2D eigenvalue weighted by molar-refractivity contribution is 0.0455. The number of aryl methyl sites for hydroxylation is 1. The quantitative estimate of drug-likeness (QED) is 0.870. The number of imidazole rings is 1. The zero-order chi connectivity index (χ0) is 14.3. The fraction of sp³-hybridized carbons (Fsp3) is 0.750. The molecule has 0 aliphatic heterocycles. The fourth-order valence-electron chi connectivity index (χ4n) is 2.53. The number of nitrogens with zero attached hydrogens (tertiary/aromatic N) is 3. The van der Waals surface area contributed by atoms with Crippen molar-refractivity contribution in [1.29, 1.82) is 0 Å². The summed E-state index contributed by atoms with van der Waals surface area (Å²) in [6.07, 6.45) is 4.63. The van der Waals surface area contributed by atoms with Crippen molar-refractivity contribution >= 4 is 10.0 Å². The second kappa shape index (κ2) is 4.88. The summed E-state index contributed by atoms with van der Waals surface area (Å²) < 4.78 is 26.3. The Morgan fingerprint density at radius 1 is 1.37 bits per heavy atom. The molecule has 19 heavy (non-hydrogen) atoms. The minimum absolute atomic E-state index is 0.0170. The van der Waals surface area contributed by atoms with Gasteiger partial charge in [-0.05, 0) is 40.3 Å². The summed E-state index contributed by atoms with van der Waals surface area (Å²) in [6, 6.07) is 0. The first kappa shape index (κ1) is 14.5. The standard InChI is InChI=1S/C12H22N4O2S/c1-10-13-8-11(14-10)19(17,18)16(4)9-12(15(2)3)6-5-7-12/h8H,5-7,9H2,1-4H3,(H,13,14). The van der Waals surface area contributed by atoms with Crippen LogP contribution >= 0.6 is 0 Å². The van der Waals surface area contributed by atoms with Crippen LogP contribution in [-0.2, 0) is 10.0 Å². The monoisotopic (exact) mass is 286 g/mol. The molecule has 108 valence electrons. The third-order valence-corrected chi connectivity index (χ3v) is 5.83. The van der Waals surface area contributed by atoms with Gasteiger partial charge in [0.1, 0.15) is 5.82 Å². The summed E-state index contributed by atoms with van der Waals surface area (Å²) in [5, 5.41) is 0.167. The minimum Gasteiger partial charge on any atom is -0.332 e. The molecule has 0 radical (unpaired) electrons. The van der Waals surface area contributed by atoms with E-state index in [1.807, 2.05) is 14.1 Å². The molecule has 0 atom stereocenters. The Kier molecular flexibility index (Phi) is 3.72. The van der Waals surface area contributed by atoms with Crippen molar-refractivity contribution in [3.63, 3.8) is 0 Å². The molecule has 1 aliphatic rings. The highest BCUT2D eigenvalue weighted by Gasteiger charge is 2.42. The summed E-state index contributed by atoms with van der Waals surface area (Å²) in [7, 11) is 2.19. The molecule has 1 fully saturated rings. The molecule has 0 spiro atoms. The highest BCUT2D eigenvalue weighted by Crippen LogP contribution is 2.37. The normalized spacial score (nSPS) is 18.8. The first-order chi connectivity index (χ1) is 8.78. The second-order valence-corrected chi connectivity index (χ2v) is 7.58. The van der Waals surface area contributed by atoms with Crippen molar-refractivity contribution in [3.05, 3.63) is 12.0 Å². The van der Waals surface area contributed by atoms with Gasteiger partial charge in [0.2, 0.25) is 0 Å². The number of rotatable bonds is 5. The van der Waals surface area contributed by atoms with Crippen molar-refractivity contribution in [2.75, 3.05) is 27.7 Å². The van der Waals surface area contributed by atoms with Crippen LogP contribution in [0.1, 0.15) is 25.1 Å². The van der Waals surface area contributed by atoms with Gasteiger partial charge < -0.3 is 9.88 Å². The van der Waals surface area contributed by atoms with Gasteiger partial charge in [-0.25, -0.2) is 13.4 Å². The van der Waals surface area contributed by atoms with Crippen molar-refractivity contribution in [1.82, 2.24) is 19.2 Å². The average Bonchev–Trinajstić information content (AvgIpc) is 2.69. The van der Waals surface area contributed by atoms with Crippen LogP contribution < -0.4 is 0 Å². The van der Waals surface area contributed by atoms with Crippen LogP contribution in [0.2, 0.25) is 0 Å². The van der Waals surface area contributed by atoms with Crippen LogP contribution in [0, 0.1) is 6.92 Å². The summed E-state index contributed by atoms with van der Waals surface area (Å²) in [5.74, 6) is 0.609. The maximum Gasteiger partial charge on any atom is 0.259 e. The lowest BCUT2D eigenvalue weighted by atomic mass is 9.75. The van der Waals surface area contributed by atoms with Crippen molar-refractivity contribution in [2.24, 2.45) is 0 Å². The number of sulfonamides is 1. The van der Waals surface area contributed by atoms with Crippen LogP contribution in [0.25, 0.3) is 0 Å². The Labute approximate surface area is 114 Å². The summed E-state index contributed by atoms with van der Waals surface area (Å²) >= 11 is 0. The summed E-state index contributed by atoms with van der Waals surface area (Å²) in [4.78, 5) is 8.89. The molecule has 0 bridgehead atoms. The average molecular weight is 286 g/mol. The van der Waals surface area contributed by atoms with E-state index in [9.17, 15) is 8.42 Å². The zero-order valence-corrected chi connectivity index (χ0v) is 12.8. The maximum absolute atomic E-state index is 12.4. The molecule has 1 saturated carbocycles. The number of likely N-dealkylation sites (N-methyl/N-ethyl adjacent to an activating group) is 2. The topological polar surface area (TPSA) is 69.3 Å². The SMILES string of the molecule is Cc1ncc(S(=O)(=O)N(C)CC2(N(C)C)CCC2)[nH]1. The lowest BCUT2D eigenvalue weighted by Crippen LogP contribution is -2.57. The Hall–Kier alpha value is -0.920. The number of hydrogen-bond donors (Lipinski definition) is 1. The van der Waals surface area contributed by atoms with Gasteiger partial charge in [-0.3, -0.25) is 0 Å². The Bertz CT molecular complexity index is 546. The van der Waals surface area contributed by atoms with Crippen molar-refractivity contribution in [2.45, 2.75) is 36.8 Å². The van der Waals surface area contributed by atoms with E-state index in [2.05, 4.69) is 14.9 Å². The van der Waals surface area contributed by atoms with E-state index in [1.165, 1.54) is 10.5 Å². The molecule has 6 nitrogen and oxygen atoms in total. The van der Waals surface area contributed by atoms with Gasteiger partial charge in [-0.1, -0.05) is 0 Å². The summed E-state index contributed by atoms with van der Waals surface area (Å²) in [5.41, 5.74) is -0.0170. The Morgan fingerprint density at radius 2 is 2.00 bits per heavy atom. The van der Waals surface area contributed by atoms with E-state index in [0.29, 0.717) is 12.4 Å². The molecule has 0 amide bonds. The molecular weight excluding hydrogens is 264 g/mol. The number of nitrogens with one attached hydrogen (secondary N) is 1. The van der Waals surface area contributed by atoms with Crippen LogP contribution in [0.15, 0.2) is 11.2 Å². The lowest BCUT2D eigenvalue weighted by Gasteiger charge is -2.48. The molecule has 2 rings (SSSR count). The van der Waals surface area contributed by atoms with E-state index >= 15 is 0 Å². The fourth-order valence-corrected chi connectivity index (χ4v) is 3.74. The minimum atomic E-state index is -3.47. The van der Waals surface area contributed by atoms with Crippen LogP contribution in [0.5, 0.6) is 0 Å². The summed E-state index contributed by atoms with van der Waals surface area (Å²) in [6.45, 7) is 2.26. The molecule has 0 saturated heterocycles. The van der Waals surface area contributed by atoms with Gasteiger partial charge in [-0.2, -0.15) is 4.31 Å². The third-order valence-electron chi connectivity index (χ3n) is 4.12. The molecule has 1 N–H and O–H groups in total. The van der Waals surface area contributed by atoms with Gasteiger partial charge in [-0.15, -0.1) is 0 Å². The molecule has 1 aliphatic carbocycles. The van der Waals surface area contributed by atoms with Crippen LogP contribution in [0.4, 0.5) is 0 Å². The number of aromatic nitrogens is 2. The largest absolute Gasteiger partial charge is 0.332 e. The van der Waals surface area contributed by atoms with Crippen molar-refractivity contribution < 1.29 is 8.42 Å². The van der Waals surface area contributed by atoms with Gasteiger partial charge in [0, 0.05) is 19.1 Å². The molecule has 0 unspecified atom stereocenters. The number of aromatic amines is 1.